The van der Waals surface area contributed by atoms with Crippen molar-refractivity contribution in [1.82, 2.24) is 15.2 Å². The van der Waals surface area contributed by atoms with E-state index in [0.29, 0.717) is 27.9 Å². The quantitative estimate of drug-likeness (QED) is 0.499. The van der Waals surface area contributed by atoms with Gasteiger partial charge in [0.25, 0.3) is 0 Å². The minimum absolute atomic E-state index is 0.0954. The summed E-state index contributed by atoms with van der Waals surface area (Å²) < 4.78 is 0. The molecule has 20 heavy (non-hydrogen) atoms. The molecule has 0 aliphatic carbocycles. The number of H-pyrrole nitrogens is 1. The summed E-state index contributed by atoms with van der Waals surface area (Å²) in [5.41, 5.74) is 7.60. The number of hydrogen-bond donors (Lipinski definition) is 3. The summed E-state index contributed by atoms with van der Waals surface area (Å²) >= 11 is 5.84. The molecule has 3 aromatic rings. The highest BCUT2D eigenvalue weighted by Crippen LogP contribution is 2.29. The molecule has 0 amide bonds. The Morgan fingerprint density at radius 2 is 1.85 bits per heavy atom. The minimum Gasteiger partial charge on any atom is -0.507 e. The maximum Gasteiger partial charge on any atom is 0.181 e. The van der Waals surface area contributed by atoms with Crippen molar-refractivity contribution in [2.45, 2.75) is 0 Å². The number of phenols is 1. The molecule has 0 atom stereocenters. The first-order valence-corrected chi connectivity index (χ1v) is 6.28. The van der Waals surface area contributed by atoms with E-state index in [0.717, 1.165) is 5.56 Å². The van der Waals surface area contributed by atoms with E-state index in [-0.39, 0.29) is 5.75 Å². The summed E-state index contributed by atoms with van der Waals surface area (Å²) in [4.78, 5) is 4.36. The first kappa shape index (κ1) is 12.5. The summed E-state index contributed by atoms with van der Waals surface area (Å²) in [5, 5.41) is 17.4. The number of hydrogen-bond acceptors (Lipinski definition) is 4. The van der Waals surface area contributed by atoms with E-state index in [1.165, 1.54) is 6.07 Å². The normalized spacial score (nSPS) is 10.7. The molecule has 1 aromatic heterocycles. The second kappa shape index (κ2) is 4.86. The van der Waals surface area contributed by atoms with Crippen molar-refractivity contribution < 1.29 is 5.11 Å². The van der Waals surface area contributed by atoms with Gasteiger partial charge in [0.1, 0.15) is 5.75 Å². The van der Waals surface area contributed by atoms with Crippen LogP contribution in [-0.4, -0.2) is 20.3 Å². The number of aromatic amines is 1. The lowest BCUT2D eigenvalue weighted by Gasteiger charge is -2.01. The molecule has 0 fully saturated rings. The monoisotopic (exact) mass is 286 g/mol. The number of nitrogens with zero attached hydrogens (tertiary/aromatic N) is 2. The topological polar surface area (TPSA) is 87.8 Å². The maximum absolute atomic E-state index is 9.84. The van der Waals surface area contributed by atoms with E-state index < -0.39 is 0 Å². The Morgan fingerprint density at radius 1 is 1.10 bits per heavy atom. The second-order valence-corrected chi connectivity index (χ2v) is 4.73. The number of halogens is 1. The van der Waals surface area contributed by atoms with Gasteiger partial charge in [-0.3, -0.25) is 5.10 Å². The highest BCUT2D eigenvalue weighted by atomic mass is 35.5. The van der Waals surface area contributed by atoms with E-state index in [1.54, 1.807) is 24.3 Å². The molecular formula is C14H11ClN4O. The second-order valence-electron chi connectivity index (χ2n) is 4.29. The van der Waals surface area contributed by atoms with E-state index in [1.807, 2.05) is 12.1 Å². The van der Waals surface area contributed by atoms with Crippen LogP contribution in [0, 0.1) is 0 Å². The van der Waals surface area contributed by atoms with Gasteiger partial charge in [-0.1, -0.05) is 11.6 Å². The van der Waals surface area contributed by atoms with Gasteiger partial charge in [0.05, 0.1) is 5.56 Å². The van der Waals surface area contributed by atoms with Crippen molar-refractivity contribution >= 4 is 17.3 Å². The molecule has 0 aliphatic rings. The van der Waals surface area contributed by atoms with E-state index in [4.69, 9.17) is 17.3 Å². The lowest BCUT2D eigenvalue weighted by molar-refractivity contribution is 0.477. The van der Waals surface area contributed by atoms with Crippen LogP contribution in [0.1, 0.15) is 0 Å². The Bertz CT molecular complexity index is 752. The number of nitrogen functional groups attached to an aromatic ring is 1. The van der Waals surface area contributed by atoms with Crippen LogP contribution in [-0.2, 0) is 0 Å². The van der Waals surface area contributed by atoms with Gasteiger partial charge in [-0.25, -0.2) is 4.98 Å². The van der Waals surface area contributed by atoms with Crippen molar-refractivity contribution in [2.75, 3.05) is 5.73 Å². The average Bonchev–Trinajstić information content (AvgIpc) is 2.92. The van der Waals surface area contributed by atoms with E-state index in [2.05, 4.69) is 15.2 Å². The molecule has 0 saturated heterocycles. The molecule has 100 valence electrons. The van der Waals surface area contributed by atoms with Crippen LogP contribution in [0.25, 0.3) is 22.8 Å². The first-order chi connectivity index (χ1) is 9.63. The van der Waals surface area contributed by atoms with Gasteiger partial charge < -0.3 is 10.8 Å². The largest absolute Gasteiger partial charge is 0.507 e. The predicted molar refractivity (Wildman–Crippen MR) is 78.3 cm³/mol. The molecule has 0 radical (unpaired) electrons. The van der Waals surface area contributed by atoms with Crippen molar-refractivity contribution in [2.24, 2.45) is 0 Å². The molecular weight excluding hydrogens is 276 g/mol. The summed E-state index contributed by atoms with van der Waals surface area (Å²) in [6.07, 6.45) is 0. The van der Waals surface area contributed by atoms with Crippen molar-refractivity contribution in [3.05, 3.63) is 47.5 Å². The van der Waals surface area contributed by atoms with Gasteiger partial charge in [0.2, 0.25) is 0 Å². The Kier molecular flexibility index (Phi) is 3.04. The van der Waals surface area contributed by atoms with Crippen LogP contribution >= 0.6 is 11.6 Å². The highest BCUT2D eigenvalue weighted by molar-refractivity contribution is 6.30. The van der Waals surface area contributed by atoms with Gasteiger partial charge in [-0.2, -0.15) is 5.10 Å². The summed E-state index contributed by atoms with van der Waals surface area (Å²) in [7, 11) is 0. The average molecular weight is 287 g/mol. The molecule has 1 heterocycles. The number of nitrogens with two attached hydrogens (primary N) is 1. The molecule has 0 spiro atoms. The fraction of sp³-hybridized carbons (Fsp3) is 0. The van der Waals surface area contributed by atoms with Gasteiger partial charge in [-0.15, -0.1) is 0 Å². The Balaban J connectivity index is 2.01. The molecule has 0 aliphatic heterocycles. The minimum atomic E-state index is 0.0954. The maximum atomic E-state index is 9.84. The van der Waals surface area contributed by atoms with Crippen LogP contribution in [0.2, 0.25) is 5.02 Å². The van der Waals surface area contributed by atoms with E-state index >= 15 is 0 Å². The number of aromatic hydroxyl groups is 1. The van der Waals surface area contributed by atoms with Crippen LogP contribution in [0.5, 0.6) is 5.75 Å². The third kappa shape index (κ3) is 2.31. The van der Waals surface area contributed by atoms with Crippen molar-refractivity contribution in [3.8, 4) is 28.5 Å². The molecule has 5 nitrogen and oxygen atoms in total. The predicted octanol–water partition coefficient (Wildman–Crippen LogP) is 3.08. The molecule has 0 saturated carbocycles. The molecule has 3 rings (SSSR count). The zero-order valence-corrected chi connectivity index (χ0v) is 11.1. The zero-order chi connectivity index (χ0) is 14.1. The number of aromatic nitrogens is 3. The number of nitrogens with one attached hydrogen (secondary N) is 1. The highest BCUT2D eigenvalue weighted by Gasteiger charge is 2.11. The van der Waals surface area contributed by atoms with Crippen LogP contribution in [0.3, 0.4) is 0 Å². The first-order valence-electron chi connectivity index (χ1n) is 5.91. The standard InChI is InChI=1S/C14H11ClN4O/c15-9-3-1-8(2-4-9)13-17-14(19-18-13)11-7-10(16)5-6-12(11)20/h1-7,20H,16H2,(H,17,18,19). The lowest BCUT2D eigenvalue weighted by Crippen LogP contribution is -1.87. The third-order valence-corrected chi connectivity index (χ3v) is 3.12. The number of rotatable bonds is 2. The Morgan fingerprint density at radius 3 is 2.60 bits per heavy atom. The number of phenolic OH excluding ortho intramolecular Hbond substituents is 1. The van der Waals surface area contributed by atoms with Gasteiger partial charge in [0, 0.05) is 16.3 Å². The summed E-state index contributed by atoms with van der Waals surface area (Å²) in [5.74, 6) is 1.08. The Hall–Kier alpha value is -2.53. The SMILES string of the molecule is Nc1ccc(O)c(-c2nc(-c3ccc(Cl)cc3)n[nH]2)c1. The molecule has 6 heteroatoms. The van der Waals surface area contributed by atoms with Gasteiger partial charge in [-0.05, 0) is 42.5 Å². The smallest absolute Gasteiger partial charge is 0.181 e. The molecule has 0 unspecified atom stereocenters. The Labute approximate surface area is 120 Å². The summed E-state index contributed by atoms with van der Waals surface area (Å²) in [6, 6.07) is 12.0. The zero-order valence-electron chi connectivity index (χ0n) is 10.3. The van der Waals surface area contributed by atoms with Gasteiger partial charge >= 0.3 is 0 Å². The lowest BCUT2D eigenvalue weighted by atomic mass is 10.1. The van der Waals surface area contributed by atoms with Gasteiger partial charge in [0.15, 0.2) is 11.6 Å². The number of anilines is 1. The van der Waals surface area contributed by atoms with Crippen LogP contribution < -0.4 is 5.73 Å². The van der Waals surface area contributed by atoms with Crippen molar-refractivity contribution in [1.29, 1.82) is 0 Å². The molecule has 2 aromatic carbocycles. The van der Waals surface area contributed by atoms with Crippen LogP contribution in [0.4, 0.5) is 5.69 Å². The molecule has 0 bridgehead atoms. The molecule has 4 N–H and O–H groups in total. The van der Waals surface area contributed by atoms with Crippen molar-refractivity contribution in [3.63, 3.8) is 0 Å². The fourth-order valence-corrected chi connectivity index (χ4v) is 1.98. The summed E-state index contributed by atoms with van der Waals surface area (Å²) in [6.45, 7) is 0. The number of benzene rings is 2. The fourth-order valence-electron chi connectivity index (χ4n) is 1.85. The van der Waals surface area contributed by atoms with E-state index in [9.17, 15) is 5.11 Å². The van der Waals surface area contributed by atoms with Crippen LogP contribution in [0.15, 0.2) is 42.5 Å². The third-order valence-electron chi connectivity index (χ3n) is 2.86.